The average molecular weight is 919 g/mol. The van der Waals surface area contributed by atoms with Crippen LogP contribution in [0.3, 0.4) is 0 Å². The molecule has 0 aliphatic rings. The van der Waals surface area contributed by atoms with Gasteiger partial charge < -0.3 is 89.7 Å². The quantitative estimate of drug-likeness (QED) is 0.0614. The van der Waals surface area contributed by atoms with Crippen molar-refractivity contribution in [2.45, 2.75) is 0 Å². The van der Waals surface area contributed by atoms with Crippen molar-refractivity contribution in [3.8, 4) is 17.2 Å². The van der Waals surface area contributed by atoms with E-state index in [1.807, 2.05) is 0 Å². The number of phenols is 3. The van der Waals surface area contributed by atoms with Gasteiger partial charge in [0.1, 0.15) is 17.2 Å². The summed E-state index contributed by atoms with van der Waals surface area (Å²) >= 11 is 0. The Bertz CT molecular complexity index is 2080. The maximum absolute atomic E-state index is 10.2. The summed E-state index contributed by atoms with van der Waals surface area (Å²) in [4.78, 5) is 79.3. The van der Waals surface area contributed by atoms with Gasteiger partial charge in [0.15, 0.2) is 0 Å². The number of nitrogens with zero attached hydrogens (tertiary/aromatic N) is 3. The fraction of sp³-hybridized carbons (Fsp3) is 0. The zero-order valence-electron chi connectivity index (χ0n) is 30.8. The average Bonchev–Trinajstić information content (AvgIpc) is 4.03. The van der Waals surface area contributed by atoms with Gasteiger partial charge in [0.25, 0.3) is 0 Å². The minimum atomic E-state index is -1.36. The minimum absolute atomic E-state index is 0. The van der Waals surface area contributed by atoms with Crippen LogP contribution in [0.15, 0.2) is 129 Å². The molecule has 0 fully saturated rings. The van der Waals surface area contributed by atoms with Crippen molar-refractivity contribution in [2.24, 2.45) is 0 Å². The number of aromatic amines is 3. The summed E-state index contributed by atoms with van der Waals surface area (Å²) in [7, 11) is 0. The molecule has 312 valence electrons. The third kappa shape index (κ3) is 23.9. The second-order valence-corrected chi connectivity index (χ2v) is 10.4. The number of rotatable bonds is 9. The number of carbonyl (C=O) groups excluding carboxylic acids is 6. The molecular weight excluding hydrogens is 888 g/mol. The Morgan fingerprint density at radius 2 is 0.656 bits per heavy atom. The van der Waals surface area contributed by atoms with Gasteiger partial charge in [-0.05, 0) is 72.9 Å². The number of carbonyl (C=O) groups is 6. The maximum atomic E-state index is 10.2. The minimum Gasteiger partial charge on any atom is -0.545 e. The van der Waals surface area contributed by atoms with E-state index in [-0.39, 0.29) is 55.0 Å². The molecule has 0 saturated carbocycles. The molecule has 0 unspecified atom stereocenters. The van der Waals surface area contributed by atoms with Crippen LogP contribution in [0.2, 0.25) is 0 Å². The number of hydrogen-bond acceptors (Lipinski definition) is 18. The second kappa shape index (κ2) is 29.6. The number of aliphatic carboxylic acids is 3. The van der Waals surface area contributed by atoms with E-state index in [9.17, 15) is 59.4 Å². The number of aromatic hydroxyl groups is 3. The molecule has 6 rings (SSSR count). The number of carboxylic acid groups (broad SMARTS) is 6. The molecule has 0 spiro atoms. The van der Waals surface area contributed by atoms with Crippen molar-refractivity contribution in [2.75, 3.05) is 0 Å². The van der Waals surface area contributed by atoms with E-state index in [1.54, 1.807) is 36.8 Å². The molecule has 0 radical (unpaired) electrons. The molecule has 22 heteroatoms. The zero-order valence-corrected chi connectivity index (χ0v) is 32.9. The van der Waals surface area contributed by atoms with Gasteiger partial charge in [0.2, 0.25) is 0 Å². The molecule has 6 N–H and O–H groups in total. The van der Waals surface area contributed by atoms with Crippen molar-refractivity contribution < 1.29 is 95.8 Å². The van der Waals surface area contributed by atoms with Gasteiger partial charge in [-0.25, -0.2) is 15.0 Å². The van der Waals surface area contributed by atoms with Crippen LogP contribution in [0.1, 0.15) is 48.2 Å². The van der Waals surface area contributed by atoms with Gasteiger partial charge in [0, 0.05) is 35.3 Å². The summed E-state index contributed by atoms with van der Waals surface area (Å²) in [6.07, 6.45) is 16.0. The fourth-order valence-electron chi connectivity index (χ4n) is 3.49. The number of hydrogen-bond donors (Lipinski definition) is 6. The van der Waals surface area contributed by atoms with Crippen LogP contribution < -0.4 is 30.6 Å². The summed E-state index contributed by atoms with van der Waals surface area (Å²) in [6.45, 7) is 0. The third-order valence-electron chi connectivity index (χ3n) is 6.10. The van der Waals surface area contributed by atoms with Crippen molar-refractivity contribution in [1.82, 2.24) is 29.9 Å². The van der Waals surface area contributed by atoms with Gasteiger partial charge in [-0.3, -0.25) is 0 Å². The number of benzene rings is 3. The molecule has 0 saturated heterocycles. The number of aromatic nitrogens is 6. The van der Waals surface area contributed by atoms with E-state index in [2.05, 4.69) is 29.9 Å². The third-order valence-corrected chi connectivity index (χ3v) is 6.10. The van der Waals surface area contributed by atoms with Crippen LogP contribution in [0.5, 0.6) is 17.2 Å². The Hall–Kier alpha value is -8.58. The summed E-state index contributed by atoms with van der Waals surface area (Å²) in [5, 5.41) is 86.6. The standard InChI is InChI=1S/3C7H6O3.3C6H6N2O2.Mo/c3*8-6-4-2-1-3-5(6)7(9)10;3*9-6(10)2-1-5-3-7-4-8-5;/h3*1-4,8H,(H,9,10);3*1-4H,(H,7,8)(H,9,10);/q;;;;;;+6/p-6. The van der Waals surface area contributed by atoms with Crippen molar-refractivity contribution in [1.29, 1.82) is 0 Å². The first-order valence-electron chi connectivity index (χ1n) is 16.1. The smallest absolute Gasteiger partial charge is 0.545 e. The van der Waals surface area contributed by atoms with E-state index >= 15 is 0 Å². The number of para-hydroxylation sites is 3. The Kier molecular flexibility index (Phi) is 25.5. The van der Waals surface area contributed by atoms with E-state index in [0.29, 0.717) is 17.1 Å². The van der Waals surface area contributed by atoms with Crippen LogP contribution in [0.4, 0.5) is 0 Å². The first-order chi connectivity index (χ1) is 28.5. The molecular formula is C39H30MoN6O15. The van der Waals surface area contributed by atoms with E-state index in [0.717, 1.165) is 18.2 Å². The van der Waals surface area contributed by atoms with E-state index in [1.165, 1.54) is 91.8 Å². The van der Waals surface area contributed by atoms with Crippen molar-refractivity contribution in [3.63, 3.8) is 0 Å². The van der Waals surface area contributed by atoms with Gasteiger partial charge in [-0.2, -0.15) is 0 Å². The predicted octanol–water partition coefficient (Wildman–Crippen LogP) is -3.22. The van der Waals surface area contributed by atoms with Crippen molar-refractivity contribution >= 4 is 54.0 Å². The molecule has 0 bridgehead atoms. The summed E-state index contributed by atoms with van der Waals surface area (Å²) in [5.74, 6) is -8.53. The summed E-state index contributed by atoms with van der Waals surface area (Å²) in [5.41, 5.74) is 1.19. The molecule has 3 aromatic carbocycles. The van der Waals surface area contributed by atoms with Gasteiger partial charge in [-0.1, -0.05) is 36.4 Å². The van der Waals surface area contributed by atoms with Gasteiger partial charge >= 0.3 is 21.1 Å². The van der Waals surface area contributed by atoms with E-state index in [4.69, 9.17) is 15.3 Å². The summed E-state index contributed by atoms with van der Waals surface area (Å²) < 4.78 is 0. The number of nitrogens with one attached hydrogen (secondary N) is 3. The molecule has 0 aliphatic carbocycles. The number of imidazole rings is 3. The molecule has 21 nitrogen and oxygen atoms in total. The number of aromatic carboxylic acids is 3. The van der Waals surface area contributed by atoms with E-state index < -0.39 is 35.8 Å². The SMILES string of the molecule is O=C([O-])C=Cc1c[nH]cn1.O=C([O-])C=Cc1c[nH]cn1.O=C([O-])C=Cc1c[nH]cn1.O=C([O-])c1ccccc1O.O=C([O-])c1ccccc1O.O=C([O-])c1ccccc1O.[Mo+6]. The van der Waals surface area contributed by atoms with Crippen LogP contribution in [0, 0.1) is 0 Å². The monoisotopic (exact) mass is 920 g/mol. The topological polar surface area (TPSA) is 388 Å². The van der Waals surface area contributed by atoms with Crippen molar-refractivity contribution in [3.05, 3.63) is 162 Å². The maximum Gasteiger partial charge on any atom is 6.00 e. The number of carboxylic acids is 6. The van der Waals surface area contributed by atoms with Crippen LogP contribution in [-0.2, 0) is 35.4 Å². The molecule has 3 heterocycles. The van der Waals surface area contributed by atoms with Crippen LogP contribution in [-0.4, -0.2) is 81.0 Å². The molecule has 0 amide bonds. The Balaban J connectivity index is 0.000000706. The first-order valence-corrected chi connectivity index (χ1v) is 16.1. The molecule has 6 aromatic rings. The molecule has 61 heavy (non-hydrogen) atoms. The first kappa shape index (κ1) is 52.4. The van der Waals surface area contributed by atoms with Crippen LogP contribution in [0.25, 0.3) is 18.2 Å². The molecule has 0 aliphatic heterocycles. The van der Waals surface area contributed by atoms with Crippen LogP contribution >= 0.6 is 0 Å². The normalized spacial score (nSPS) is 9.64. The second-order valence-electron chi connectivity index (χ2n) is 10.4. The molecule has 3 aromatic heterocycles. The molecule has 0 atom stereocenters. The number of H-pyrrole nitrogens is 3. The zero-order chi connectivity index (χ0) is 44.9. The Labute approximate surface area is 358 Å². The predicted molar refractivity (Wildman–Crippen MR) is 195 cm³/mol. The fourth-order valence-corrected chi connectivity index (χ4v) is 3.49. The van der Waals surface area contributed by atoms with Gasteiger partial charge in [0.05, 0.1) is 71.9 Å². The Morgan fingerprint density at radius 1 is 0.426 bits per heavy atom. The van der Waals surface area contributed by atoms with Gasteiger partial charge in [-0.15, -0.1) is 0 Å². The Morgan fingerprint density at radius 3 is 0.803 bits per heavy atom. The summed E-state index contributed by atoms with van der Waals surface area (Å²) in [6, 6.07) is 16.9. The largest absolute Gasteiger partial charge is 6.00 e.